The van der Waals surface area contributed by atoms with Crippen molar-refractivity contribution in [3.8, 4) is 0 Å². The number of halogens is 2. The van der Waals surface area contributed by atoms with Crippen LogP contribution in [0.2, 0.25) is 0 Å². The van der Waals surface area contributed by atoms with Gasteiger partial charge in [-0.15, -0.1) is 0 Å². The third-order valence-corrected chi connectivity index (χ3v) is 0.496. The minimum Gasteiger partial charge on any atom is -0.368 e. The minimum atomic E-state index is -1.75. The Hall–Kier alpha value is -0.860. The smallest absolute Gasteiger partial charge is 0.229 e. The second-order valence-corrected chi connectivity index (χ2v) is 0.986. The number of hydrogen-bond donors (Lipinski definition) is 1. The summed E-state index contributed by atoms with van der Waals surface area (Å²) < 4.78 is 19.2. The molecule has 1 rings (SSSR count). The van der Waals surface area contributed by atoms with Gasteiger partial charge in [0.25, 0.3) is 0 Å². The highest BCUT2D eigenvalue weighted by Crippen LogP contribution is 1.72. The monoisotopic (exact) mass is 119 g/mol. The zero-order chi connectivity index (χ0) is 6.24. The summed E-state index contributed by atoms with van der Waals surface area (Å²) in [4.78, 5) is 2.86. The maximum atomic E-state index is 9.62. The van der Waals surface area contributed by atoms with Gasteiger partial charge in [-0.05, 0) is 12.1 Å². The lowest BCUT2D eigenvalue weighted by molar-refractivity contribution is 0.295. The van der Waals surface area contributed by atoms with Crippen molar-refractivity contribution in [1.29, 1.82) is 0 Å². The summed E-state index contributed by atoms with van der Waals surface area (Å²) in [5.74, 6) is 0. The van der Waals surface area contributed by atoms with Crippen LogP contribution in [-0.4, -0.2) is 11.9 Å². The summed E-state index contributed by atoms with van der Waals surface area (Å²) in [5.41, 5.74) is 0. The molecular formula is C5H7F2N. The van der Waals surface area contributed by atoms with Gasteiger partial charge in [0.1, 0.15) is 0 Å². The summed E-state index contributed by atoms with van der Waals surface area (Å²) in [6, 6.07) is 3.89. The molecule has 0 unspecified atom stereocenters. The van der Waals surface area contributed by atoms with Crippen LogP contribution >= 0.6 is 0 Å². The molecule has 8 heavy (non-hydrogen) atoms. The molecule has 0 spiro atoms. The number of alkyl halides is 2. The highest BCUT2D eigenvalue weighted by molar-refractivity contribution is 4.84. The second kappa shape index (κ2) is 6.14. The Labute approximate surface area is 46.3 Å². The Bertz CT molecular complexity index is 77.3. The maximum absolute atomic E-state index is 9.62. The van der Waals surface area contributed by atoms with Crippen LogP contribution in [0.15, 0.2) is 24.5 Å². The molecule has 46 valence electrons. The zero-order valence-corrected chi connectivity index (χ0v) is 4.27. The van der Waals surface area contributed by atoms with Crippen LogP contribution in [0.1, 0.15) is 0 Å². The Morgan fingerprint density at radius 3 is 1.62 bits per heavy atom. The first-order valence-corrected chi connectivity index (χ1v) is 2.11. The van der Waals surface area contributed by atoms with E-state index in [1.165, 1.54) is 0 Å². The highest BCUT2D eigenvalue weighted by atomic mass is 19.3. The summed E-state index contributed by atoms with van der Waals surface area (Å²) in [6.07, 6.45) is 3.75. The SMILES string of the molecule is FCF.c1cc[nH]c1. The molecule has 1 N–H and O–H groups in total. The van der Waals surface area contributed by atoms with E-state index in [0.29, 0.717) is 0 Å². The summed E-state index contributed by atoms with van der Waals surface area (Å²) in [7, 11) is 0. The van der Waals surface area contributed by atoms with Crippen LogP contribution < -0.4 is 0 Å². The third kappa shape index (κ3) is 5.14. The molecule has 0 aromatic carbocycles. The molecule has 0 bridgehead atoms. The first-order chi connectivity index (χ1) is 3.91. The van der Waals surface area contributed by atoms with E-state index in [2.05, 4.69) is 4.98 Å². The van der Waals surface area contributed by atoms with Crippen molar-refractivity contribution in [3.05, 3.63) is 24.5 Å². The third-order valence-electron chi connectivity index (χ3n) is 0.496. The van der Waals surface area contributed by atoms with Crippen LogP contribution in [0.5, 0.6) is 0 Å². The fourth-order valence-electron chi connectivity index (χ4n) is 0.278. The molecule has 0 fully saturated rings. The molecule has 0 aliphatic heterocycles. The van der Waals surface area contributed by atoms with Crippen molar-refractivity contribution < 1.29 is 8.78 Å². The Balaban J connectivity index is 0.000000145. The fourth-order valence-corrected chi connectivity index (χ4v) is 0.278. The largest absolute Gasteiger partial charge is 0.368 e. The van der Waals surface area contributed by atoms with Gasteiger partial charge in [-0.1, -0.05) is 0 Å². The molecule has 0 amide bonds. The standard InChI is InChI=1S/C4H5N.CH2F2/c1-2-4-5-3-1;2-1-3/h1-5H;1H2. The lowest BCUT2D eigenvalue weighted by atomic mass is 10.7. The summed E-state index contributed by atoms with van der Waals surface area (Å²) in [6.45, 7) is -1.75. The van der Waals surface area contributed by atoms with Crippen molar-refractivity contribution in [1.82, 2.24) is 4.98 Å². The van der Waals surface area contributed by atoms with Crippen molar-refractivity contribution in [2.45, 2.75) is 0 Å². The van der Waals surface area contributed by atoms with Gasteiger partial charge < -0.3 is 4.98 Å². The lowest BCUT2D eigenvalue weighted by Crippen LogP contribution is -1.38. The van der Waals surface area contributed by atoms with Gasteiger partial charge in [0.05, 0.1) is 0 Å². The summed E-state index contributed by atoms with van der Waals surface area (Å²) in [5, 5.41) is 0. The topological polar surface area (TPSA) is 15.8 Å². The Morgan fingerprint density at radius 1 is 1.12 bits per heavy atom. The second-order valence-electron chi connectivity index (χ2n) is 0.986. The average Bonchev–Trinajstić information content (AvgIpc) is 2.17. The van der Waals surface area contributed by atoms with E-state index >= 15 is 0 Å². The molecule has 0 saturated heterocycles. The molecular weight excluding hydrogens is 112 g/mol. The molecule has 0 aliphatic rings. The van der Waals surface area contributed by atoms with Crippen molar-refractivity contribution in [2.24, 2.45) is 0 Å². The van der Waals surface area contributed by atoms with Crippen LogP contribution in [0.4, 0.5) is 8.78 Å². The van der Waals surface area contributed by atoms with Crippen LogP contribution in [-0.2, 0) is 0 Å². The zero-order valence-electron chi connectivity index (χ0n) is 4.27. The van der Waals surface area contributed by atoms with E-state index in [1.54, 1.807) is 0 Å². The maximum Gasteiger partial charge on any atom is 0.229 e. The first-order valence-electron chi connectivity index (χ1n) is 2.11. The molecule has 1 nitrogen and oxygen atoms in total. The number of aromatic amines is 1. The molecule has 0 saturated carbocycles. The van der Waals surface area contributed by atoms with Gasteiger partial charge in [-0.25, -0.2) is 8.78 Å². The molecule has 1 aromatic rings. The van der Waals surface area contributed by atoms with Crippen molar-refractivity contribution in [2.75, 3.05) is 6.93 Å². The number of H-pyrrole nitrogens is 1. The van der Waals surface area contributed by atoms with E-state index in [4.69, 9.17) is 0 Å². The van der Waals surface area contributed by atoms with Gasteiger partial charge in [-0.3, -0.25) is 0 Å². The van der Waals surface area contributed by atoms with E-state index in [0.717, 1.165) is 0 Å². The van der Waals surface area contributed by atoms with E-state index in [1.807, 2.05) is 24.5 Å². The van der Waals surface area contributed by atoms with Gasteiger partial charge in [0, 0.05) is 12.4 Å². The van der Waals surface area contributed by atoms with Gasteiger partial charge >= 0.3 is 0 Å². The molecule has 3 heteroatoms. The highest BCUT2D eigenvalue weighted by Gasteiger charge is 1.55. The molecule has 0 atom stereocenters. The number of rotatable bonds is 0. The number of nitrogens with one attached hydrogen (secondary N) is 1. The predicted octanol–water partition coefficient (Wildman–Crippen LogP) is 1.90. The summed E-state index contributed by atoms with van der Waals surface area (Å²) >= 11 is 0. The molecule has 1 heterocycles. The predicted molar refractivity (Wildman–Crippen MR) is 27.9 cm³/mol. The number of aromatic nitrogens is 1. The quantitative estimate of drug-likeness (QED) is 0.536. The lowest BCUT2D eigenvalue weighted by Gasteiger charge is -1.49. The van der Waals surface area contributed by atoms with Gasteiger partial charge in [-0.2, -0.15) is 0 Å². The van der Waals surface area contributed by atoms with Gasteiger partial charge in [0.2, 0.25) is 6.93 Å². The van der Waals surface area contributed by atoms with E-state index in [9.17, 15) is 8.78 Å². The normalized spacial score (nSPS) is 7.25. The van der Waals surface area contributed by atoms with Crippen molar-refractivity contribution in [3.63, 3.8) is 0 Å². The van der Waals surface area contributed by atoms with Gasteiger partial charge in [0.15, 0.2) is 0 Å². The first kappa shape index (κ1) is 7.14. The minimum absolute atomic E-state index is 1.75. The molecule has 1 aromatic heterocycles. The van der Waals surface area contributed by atoms with Crippen LogP contribution in [0.3, 0.4) is 0 Å². The number of hydrogen-bond acceptors (Lipinski definition) is 0. The Morgan fingerprint density at radius 2 is 1.50 bits per heavy atom. The molecule has 0 aliphatic carbocycles. The Kier molecular flexibility index (Phi) is 5.48. The van der Waals surface area contributed by atoms with E-state index in [-0.39, 0.29) is 0 Å². The average molecular weight is 119 g/mol. The fraction of sp³-hybridized carbons (Fsp3) is 0.200. The van der Waals surface area contributed by atoms with Crippen LogP contribution in [0, 0.1) is 0 Å². The molecule has 0 radical (unpaired) electrons. The van der Waals surface area contributed by atoms with E-state index < -0.39 is 6.93 Å². The van der Waals surface area contributed by atoms with Crippen LogP contribution in [0.25, 0.3) is 0 Å². The van der Waals surface area contributed by atoms with Crippen molar-refractivity contribution >= 4 is 0 Å².